The Morgan fingerprint density at radius 1 is 1.33 bits per heavy atom. The number of piperidine rings is 1. The van der Waals surface area contributed by atoms with E-state index in [1.165, 1.54) is 0 Å². The summed E-state index contributed by atoms with van der Waals surface area (Å²) in [6.07, 6.45) is 2.24. The minimum Gasteiger partial charge on any atom is -0.496 e. The van der Waals surface area contributed by atoms with Gasteiger partial charge in [-0.1, -0.05) is 29.5 Å². The third-order valence-corrected chi connectivity index (χ3v) is 5.01. The van der Waals surface area contributed by atoms with Crippen molar-refractivity contribution in [2.45, 2.75) is 32.2 Å². The summed E-state index contributed by atoms with van der Waals surface area (Å²) in [7, 11) is 1.63. The molecular weight excluding hydrogens is 324 g/mol. The molecule has 1 aliphatic rings. The summed E-state index contributed by atoms with van der Waals surface area (Å²) in [6.45, 7) is 3.48. The van der Waals surface area contributed by atoms with E-state index in [9.17, 15) is 4.79 Å². The highest BCUT2D eigenvalue weighted by molar-refractivity contribution is 7.15. The van der Waals surface area contributed by atoms with Crippen molar-refractivity contribution < 1.29 is 9.53 Å². The number of amides is 1. The van der Waals surface area contributed by atoms with Crippen molar-refractivity contribution in [2.75, 3.05) is 25.5 Å². The minimum atomic E-state index is 0.157. The van der Waals surface area contributed by atoms with Gasteiger partial charge in [-0.05, 0) is 25.8 Å². The zero-order chi connectivity index (χ0) is 16.9. The standard InChI is InChI=1S/C17H22N4O2S/c1-12-19-20-17(24-12)18-14-7-9-21(10-8-14)16(22)11-13-5-3-4-6-15(13)23-2/h3-6,14H,7-11H2,1-2H3,(H,18,20). The summed E-state index contributed by atoms with van der Waals surface area (Å²) in [4.78, 5) is 14.5. The molecule has 1 fully saturated rings. The van der Waals surface area contributed by atoms with Gasteiger partial charge in [0.1, 0.15) is 10.8 Å². The van der Waals surface area contributed by atoms with Crippen molar-refractivity contribution >= 4 is 22.4 Å². The van der Waals surface area contributed by atoms with Crippen LogP contribution in [0.25, 0.3) is 0 Å². The van der Waals surface area contributed by atoms with Crippen LogP contribution in [0.5, 0.6) is 5.75 Å². The van der Waals surface area contributed by atoms with Gasteiger partial charge in [-0.2, -0.15) is 0 Å². The number of para-hydroxylation sites is 1. The van der Waals surface area contributed by atoms with Crippen LogP contribution in [0.3, 0.4) is 0 Å². The van der Waals surface area contributed by atoms with Gasteiger partial charge in [0.2, 0.25) is 11.0 Å². The number of carbonyl (C=O) groups is 1. The van der Waals surface area contributed by atoms with Gasteiger partial charge in [0.05, 0.1) is 13.5 Å². The molecule has 1 saturated heterocycles. The van der Waals surface area contributed by atoms with E-state index in [0.717, 1.165) is 47.4 Å². The summed E-state index contributed by atoms with van der Waals surface area (Å²) in [6, 6.07) is 8.04. The third-order valence-electron chi connectivity index (χ3n) is 4.24. The van der Waals surface area contributed by atoms with Crippen LogP contribution in [0.2, 0.25) is 0 Å². The quantitative estimate of drug-likeness (QED) is 0.901. The number of ether oxygens (including phenoxy) is 1. The molecular formula is C17H22N4O2S. The number of methoxy groups -OCH3 is 1. The average Bonchev–Trinajstić information content (AvgIpc) is 3.01. The first kappa shape index (κ1) is 16.7. The van der Waals surface area contributed by atoms with Gasteiger partial charge >= 0.3 is 0 Å². The zero-order valence-electron chi connectivity index (χ0n) is 14.0. The first-order chi connectivity index (χ1) is 11.7. The number of aryl methyl sites for hydroxylation is 1. The normalized spacial score (nSPS) is 15.3. The molecule has 0 aliphatic carbocycles. The monoisotopic (exact) mass is 346 g/mol. The van der Waals surface area contributed by atoms with E-state index in [4.69, 9.17) is 4.74 Å². The second-order valence-electron chi connectivity index (χ2n) is 5.91. The topological polar surface area (TPSA) is 67.3 Å². The van der Waals surface area contributed by atoms with Gasteiger partial charge in [0, 0.05) is 24.7 Å². The maximum Gasteiger partial charge on any atom is 0.227 e. The predicted octanol–water partition coefficient (Wildman–Crippen LogP) is 2.50. The number of aromatic nitrogens is 2. The number of nitrogens with zero attached hydrogens (tertiary/aromatic N) is 3. The van der Waals surface area contributed by atoms with Crippen LogP contribution in [0.4, 0.5) is 5.13 Å². The minimum absolute atomic E-state index is 0.157. The molecule has 128 valence electrons. The van der Waals surface area contributed by atoms with E-state index in [0.29, 0.717) is 12.5 Å². The van der Waals surface area contributed by atoms with Gasteiger partial charge in [0.15, 0.2) is 0 Å². The molecule has 0 bridgehead atoms. The number of hydrogen-bond acceptors (Lipinski definition) is 6. The first-order valence-corrected chi connectivity index (χ1v) is 8.93. The Bertz CT molecular complexity index is 695. The lowest BCUT2D eigenvalue weighted by Crippen LogP contribution is -2.43. The number of benzene rings is 1. The van der Waals surface area contributed by atoms with E-state index < -0.39 is 0 Å². The van der Waals surface area contributed by atoms with E-state index in [1.807, 2.05) is 36.1 Å². The Morgan fingerprint density at radius 3 is 2.75 bits per heavy atom. The fourth-order valence-corrected chi connectivity index (χ4v) is 3.60. The summed E-state index contributed by atoms with van der Waals surface area (Å²) >= 11 is 1.57. The van der Waals surface area contributed by atoms with Crippen molar-refractivity contribution in [3.8, 4) is 5.75 Å². The highest BCUT2D eigenvalue weighted by Crippen LogP contribution is 2.22. The number of carbonyl (C=O) groups excluding carboxylic acids is 1. The number of nitrogens with one attached hydrogen (secondary N) is 1. The molecule has 1 aliphatic heterocycles. The van der Waals surface area contributed by atoms with Crippen LogP contribution in [-0.2, 0) is 11.2 Å². The van der Waals surface area contributed by atoms with Crippen LogP contribution in [0.15, 0.2) is 24.3 Å². The van der Waals surface area contributed by atoms with Crippen molar-refractivity contribution in [1.82, 2.24) is 15.1 Å². The molecule has 0 unspecified atom stereocenters. The largest absolute Gasteiger partial charge is 0.496 e. The van der Waals surface area contributed by atoms with Crippen LogP contribution in [-0.4, -0.2) is 47.2 Å². The molecule has 0 radical (unpaired) electrons. The van der Waals surface area contributed by atoms with Crippen molar-refractivity contribution in [1.29, 1.82) is 0 Å². The summed E-state index contributed by atoms with van der Waals surface area (Å²) < 4.78 is 5.33. The molecule has 1 amide bonds. The third kappa shape index (κ3) is 4.03. The molecule has 7 heteroatoms. The van der Waals surface area contributed by atoms with E-state index in [2.05, 4.69) is 15.5 Å². The number of likely N-dealkylation sites (tertiary alicyclic amines) is 1. The molecule has 0 saturated carbocycles. The SMILES string of the molecule is COc1ccccc1CC(=O)N1CCC(Nc2nnc(C)s2)CC1. The molecule has 2 aromatic rings. The zero-order valence-corrected chi connectivity index (χ0v) is 14.8. The number of rotatable bonds is 5. The molecule has 3 rings (SSSR count). The highest BCUT2D eigenvalue weighted by Gasteiger charge is 2.24. The lowest BCUT2D eigenvalue weighted by atomic mass is 10.0. The van der Waals surface area contributed by atoms with Crippen molar-refractivity contribution in [3.05, 3.63) is 34.8 Å². The molecule has 1 N–H and O–H groups in total. The lowest BCUT2D eigenvalue weighted by molar-refractivity contribution is -0.131. The van der Waals surface area contributed by atoms with Gasteiger partial charge in [-0.15, -0.1) is 10.2 Å². The highest BCUT2D eigenvalue weighted by atomic mass is 32.1. The Labute approximate surface area is 145 Å². The Kier molecular flexibility index (Phi) is 5.30. The maximum atomic E-state index is 12.5. The van der Waals surface area contributed by atoms with E-state index >= 15 is 0 Å². The molecule has 24 heavy (non-hydrogen) atoms. The van der Waals surface area contributed by atoms with Gasteiger partial charge in [-0.25, -0.2) is 0 Å². The second-order valence-corrected chi connectivity index (χ2v) is 7.10. The molecule has 6 nitrogen and oxygen atoms in total. The van der Waals surface area contributed by atoms with Gasteiger partial charge in [0.25, 0.3) is 0 Å². The molecule has 1 aromatic heterocycles. The average molecular weight is 346 g/mol. The Hall–Kier alpha value is -2.15. The Balaban J connectivity index is 1.51. The second kappa shape index (κ2) is 7.61. The van der Waals surface area contributed by atoms with Crippen molar-refractivity contribution in [2.24, 2.45) is 0 Å². The summed E-state index contributed by atoms with van der Waals surface area (Å²) in [5, 5.41) is 13.4. The van der Waals surface area contributed by atoms with Crippen LogP contribution in [0, 0.1) is 6.92 Å². The molecule has 2 heterocycles. The summed E-state index contributed by atoms with van der Waals surface area (Å²) in [5.74, 6) is 0.929. The van der Waals surface area contributed by atoms with Crippen molar-refractivity contribution in [3.63, 3.8) is 0 Å². The summed E-state index contributed by atoms with van der Waals surface area (Å²) in [5.41, 5.74) is 0.939. The number of anilines is 1. The molecule has 1 aromatic carbocycles. The van der Waals surface area contributed by atoms with Crippen LogP contribution < -0.4 is 10.1 Å². The fraction of sp³-hybridized carbons (Fsp3) is 0.471. The van der Waals surface area contributed by atoms with E-state index in [-0.39, 0.29) is 5.91 Å². The number of hydrogen-bond donors (Lipinski definition) is 1. The van der Waals surface area contributed by atoms with Gasteiger partial charge in [-0.3, -0.25) is 4.79 Å². The lowest BCUT2D eigenvalue weighted by Gasteiger charge is -2.32. The molecule has 0 spiro atoms. The maximum absolute atomic E-state index is 12.5. The smallest absolute Gasteiger partial charge is 0.227 e. The fourth-order valence-electron chi connectivity index (χ4n) is 2.93. The van der Waals surface area contributed by atoms with Gasteiger partial charge < -0.3 is 15.0 Å². The van der Waals surface area contributed by atoms with Crippen LogP contribution >= 0.6 is 11.3 Å². The van der Waals surface area contributed by atoms with Crippen LogP contribution in [0.1, 0.15) is 23.4 Å². The molecule has 0 atom stereocenters. The Morgan fingerprint density at radius 2 is 2.08 bits per heavy atom. The van der Waals surface area contributed by atoms with E-state index in [1.54, 1.807) is 18.4 Å². The first-order valence-electron chi connectivity index (χ1n) is 8.12. The predicted molar refractivity (Wildman–Crippen MR) is 94.6 cm³/mol.